The number of hydrogen-bond acceptors (Lipinski definition) is 7. The van der Waals surface area contributed by atoms with Gasteiger partial charge in [0.15, 0.2) is 0 Å². The minimum absolute atomic E-state index is 0.0162. The molecule has 1 fully saturated rings. The number of H-pyrrole nitrogens is 1. The number of phenolic OH excluding ortho intramolecular Hbond substituents is 1. The zero-order valence-electron chi connectivity index (χ0n) is 17.9. The minimum atomic E-state index is -0.359. The molecule has 33 heavy (non-hydrogen) atoms. The summed E-state index contributed by atoms with van der Waals surface area (Å²) in [4.78, 5) is 18.1. The van der Waals surface area contributed by atoms with Gasteiger partial charge >= 0.3 is 0 Å². The lowest BCUT2D eigenvalue weighted by Crippen LogP contribution is -2.37. The molecule has 0 spiro atoms. The SMILES string of the molecule is Nc1c2c(=O)[nH]c3cc(OCCCN4CCOCC4)ccc3c2nn1-c1cc(O)ccc1Cl. The monoisotopic (exact) mass is 469 g/mol. The van der Waals surface area contributed by atoms with Crippen molar-refractivity contribution in [3.8, 4) is 17.2 Å². The number of hydrogen-bond donors (Lipinski definition) is 3. The van der Waals surface area contributed by atoms with Gasteiger partial charge in [0, 0.05) is 37.2 Å². The summed E-state index contributed by atoms with van der Waals surface area (Å²) < 4.78 is 12.6. The van der Waals surface area contributed by atoms with Crippen molar-refractivity contribution in [3.05, 3.63) is 51.8 Å². The number of nitrogens with two attached hydrogens (primary N) is 1. The van der Waals surface area contributed by atoms with Crippen molar-refractivity contribution in [1.82, 2.24) is 19.7 Å². The standard InChI is InChI=1S/C23H24ClN5O4/c24-17-5-2-14(30)12-19(17)29-22(25)20-21(27-29)16-4-3-15(13-18(16)26-23(20)31)33-9-1-6-28-7-10-32-11-8-28/h2-5,12-13,30H,1,6-11,25H2,(H,26,31). The highest BCUT2D eigenvalue weighted by atomic mass is 35.5. The fourth-order valence-corrected chi connectivity index (χ4v) is 4.30. The number of aromatic amines is 1. The lowest BCUT2D eigenvalue weighted by atomic mass is 10.1. The Kier molecular flexibility index (Phi) is 5.84. The number of halogens is 1. The topological polar surface area (TPSA) is 119 Å². The highest BCUT2D eigenvalue weighted by Crippen LogP contribution is 2.32. The highest BCUT2D eigenvalue weighted by Gasteiger charge is 2.18. The molecule has 5 rings (SSSR count). The molecule has 0 unspecified atom stereocenters. The number of morpholine rings is 1. The Morgan fingerprint density at radius 1 is 1.21 bits per heavy atom. The fourth-order valence-electron chi connectivity index (χ4n) is 4.10. The molecule has 0 amide bonds. The Labute approximate surface area is 194 Å². The molecule has 0 radical (unpaired) electrons. The van der Waals surface area contributed by atoms with E-state index in [2.05, 4.69) is 15.0 Å². The molecule has 0 atom stereocenters. The van der Waals surface area contributed by atoms with E-state index in [1.54, 1.807) is 12.1 Å². The van der Waals surface area contributed by atoms with Crippen molar-refractivity contribution >= 4 is 39.2 Å². The average molecular weight is 470 g/mol. The van der Waals surface area contributed by atoms with E-state index in [0.29, 0.717) is 34.1 Å². The van der Waals surface area contributed by atoms with Gasteiger partial charge in [0.2, 0.25) is 0 Å². The molecule has 0 bridgehead atoms. The Balaban J connectivity index is 1.42. The van der Waals surface area contributed by atoms with Crippen LogP contribution in [0.25, 0.3) is 27.5 Å². The van der Waals surface area contributed by atoms with Crippen LogP contribution in [-0.4, -0.2) is 64.2 Å². The van der Waals surface area contributed by atoms with Crippen molar-refractivity contribution in [1.29, 1.82) is 0 Å². The summed E-state index contributed by atoms with van der Waals surface area (Å²) in [5.74, 6) is 0.828. The molecule has 1 aliphatic rings. The summed E-state index contributed by atoms with van der Waals surface area (Å²) in [6, 6.07) is 9.96. The van der Waals surface area contributed by atoms with Crippen LogP contribution in [0.2, 0.25) is 5.02 Å². The summed E-state index contributed by atoms with van der Waals surface area (Å²) in [6.45, 7) is 5.01. The molecule has 0 saturated carbocycles. The van der Waals surface area contributed by atoms with Crippen LogP contribution in [0.1, 0.15) is 6.42 Å². The van der Waals surface area contributed by atoms with Gasteiger partial charge in [0.05, 0.1) is 36.0 Å². The Morgan fingerprint density at radius 2 is 2.03 bits per heavy atom. The Morgan fingerprint density at radius 3 is 2.85 bits per heavy atom. The van der Waals surface area contributed by atoms with Crippen LogP contribution in [0.3, 0.4) is 0 Å². The number of nitrogens with zero attached hydrogens (tertiary/aromatic N) is 3. The predicted molar refractivity (Wildman–Crippen MR) is 128 cm³/mol. The molecular formula is C23H24ClN5O4. The first kappa shape index (κ1) is 21.6. The van der Waals surface area contributed by atoms with E-state index in [-0.39, 0.29) is 22.5 Å². The number of anilines is 1. The van der Waals surface area contributed by atoms with E-state index < -0.39 is 0 Å². The Hall–Kier alpha value is -3.27. The van der Waals surface area contributed by atoms with Crippen LogP contribution in [0.5, 0.6) is 11.5 Å². The minimum Gasteiger partial charge on any atom is -0.508 e. The van der Waals surface area contributed by atoms with E-state index in [1.807, 2.05) is 12.1 Å². The highest BCUT2D eigenvalue weighted by molar-refractivity contribution is 6.32. The number of nitrogens with one attached hydrogen (secondary N) is 1. The third kappa shape index (κ3) is 4.22. The van der Waals surface area contributed by atoms with Gasteiger partial charge in [-0.1, -0.05) is 11.6 Å². The number of pyridine rings is 1. The van der Waals surface area contributed by atoms with Crippen molar-refractivity contribution in [2.45, 2.75) is 6.42 Å². The van der Waals surface area contributed by atoms with Crippen LogP contribution in [0, 0.1) is 0 Å². The largest absolute Gasteiger partial charge is 0.508 e. The molecule has 4 N–H and O–H groups in total. The van der Waals surface area contributed by atoms with Crippen LogP contribution in [0.15, 0.2) is 41.2 Å². The van der Waals surface area contributed by atoms with E-state index in [4.69, 9.17) is 26.8 Å². The summed E-state index contributed by atoms with van der Waals surface area (Å²) >= 11 is 6.28. The normalized spacial score (nSPS) is 14.8. The lowest BCUT2D eigenvalue weighted by Gasteiger charge is -2.26. The molecule has 1 aliphatic heterocycles. The van der Waals surface area contributed by atoms with E-state index in [1.165, 1.54) is 16.8 Å². The van der Waals surface area contributed by atoms with Gasteiger partial charge in [-0.05, 0) is 30.7 Å². The summed E-state index contributed by atoms with van der Waals surface area (Å²) in [5, 5.41) is 15.7. The van der Waals surface area contributed by atoms with E-state index in [9.17, 15) is 9.90 Å². The molecular weight excluding hydrogens is 446 g/mol. The van der Waals surface area contributed by atoms with Gasteiger partial charge in [-0.3, -0.25) is 9.69 Å². The van der Waals surface area contributed by atoms with Gasteiger partial charge < -0.3 is 25.3 Å². The van der Waals surface area contributed by atoms with Gasteiger partial charge in [-0.2, -0.15) is 5.10 Å². The zero-order chi connectivity index (χ0) is 22.9. The molecule has 2 aromatic carbocycles. The van der Waals surface area contributed by atoms with Crippen molar-refractivity contribution < 1.29 is 14.6 Å². The van der Waals surface area contributed by atoms with Crippen LogP contribution >= 0.6 is 11.6 Å². The van der Waals surface area contributed by atoms with Crippen LogP contribution in [-0.2, 0) is 4.74 Å². The first-order valence-corrected chi connectivity index (χ1v) is 11.1. The second kappa shape index (κ2) is 8.93. The quantitative estimate of drug-likeness (QED) is 0.371. The van der Waals surface area contributed by atoms with Gasteiger partial charge in [0.25, 0.3) is 5.56 Å². The smallest absolute Gasteiger partial charge is 0.261 e. The van der Waals surface area contributed by atoms with Gasteiger partial charge in [-0.25, -0.2) is 4.68 Å². The van der Waals surface area contributed by atoms with Crippen LogP contribution < -0.4 is 16.0 Å². The van der Waals surface area contributed by atoms with Gasteiger partial charge in [0.1, 0.15) is 28.2 Å². The number of ether oxygens (including phenoxy) is 2. The van der Waals surface area contributed by atoms with Crippen molar-refractivity contribution in [2.24, 2.45) is 0 Å². The molecule has 1 saturated heterocycles. The molecule has 10 heteroatoms. The number of aromatic nitrogens is 3. The van der Waals surface area contributed by atoms with Gasteiger partial charge in [-0.15, -0.1) is 0 Å². The Bertz CT molecular complexity index is 1380. The maximum Gasteiger partial charge on any atom is 0.261 e. The summed E-state index contributed by atoms with van der Waals surface area (Å²) in [7, 11) is 0. The lowest BCUT2D eigenvalue weighted by molar-refractivity contribution is 0.0358. The number of nitrogen functional groups attached to an aromatic ring is 1. The third-order valence-corrected chi connectivity index (χ3v) is 6.11. The molecule has 4 aromatic rings. The molecule has 3 heterocycles. The number of phenols is 1. The first-order valence-electron chi connectivity index (χ1n) is 10.8. The number of aromatic hydroxyl groups is 1. The number of rotatable bonds is 6. The molecule has 0 aliphatic carbocycles. The second-order valence-electron chi connectivity index (χ2n) is 7.97. The third-order valence-electron chi connectivity index (χ3n) is 5.79. The van der Waals surface area contributed by atoms with Crippen molar-refractivity contribution in [2.75, 3.05) is 45.2 Å². The van der Waals surface area contributed by atoms with Crippen molar-refractivity contribution in [3.63, 3.8) is 0 Å². The summed E-state index contributed by atoms with van der Waals surface area (Å²) in [6.07, 6.45) is 0.902. The number of benzene rings is 2. The maximum absolute atomic E-state index is 12.8. The molecule has 2 aromatic heterocycles. The maximum atomic E-state index is 12.8. The van der Waals surface area contributed by atoms with E-state index in [0.717, 1.165) is 44.7 Å². The first-order chi connectivity index (χ1) is 16.0. The van der Waals surface area contributed by atoms with E-state index >= 15 is 0 Å². The second-order valence-corrected chi connectivity index (χ2v) is 8.38. The molecule has 172 valence electrons. The zero-order valence-corrected chi connectivity index (χ0v) is 18.6. The summed E-state index contributed by atoms with van der Waals surface area (Å²) in [5.41, 5.74) is 7.34. The fraction of sp³-hybridized carbons (Fsp3) is 0.304. The average Bonchev–Trinajstić information content (AvgIpc) is 3.16. The van der Waals surface area contributed by atoms with Crippen LogP contribution in [0.4, 0.5) is 5.82 Å². The predicted octanol–water partition coefficient (Wildman–Crippen LogP) is 2.91. The molecule has 9 nitrogen and oxygen atoms in total. The number of fused-ring (bicyclic) bond motifs is 3.